The highest BCUT2D eigenvalue weighted by Crippen LogP contribution is 2.22. The second-order valence-corrected chi connectivity index (χ2v) is 6.30. The first kappa shape index (κ1) is 20.2. The van der Waals surface area contributed by atoms with Crippen LogP contribution in [-0.2, 0) is 9.63 Å². The predicted molar refractivity (Wildman–Crippen MR) is 101 cm³/mol. The van der Waals surface area contributed by atoms with E-state index in [4.69, 9.17) is 4.84 Å². The highest BCUT2D eigenvalue weighted by Gasteiger charge is 2.36. The van der Waals surface area contributed by atoms with Crippen LogP contribution in [0.25, 0.3) is 0 Å². The molecule has 0 bridgehead atoms. The number of nitrogens with zero attached hydrogens (tertiary/aromatic N) is 1. The van der Waals surface area contributed by atoms with Crippen molar-refractivity contribution in [2.75, 3.05) is 19.6 Å². The summed E-state index contributed by atoms with van der Waals surface area (Å²) in [5, 5.41) is 12.5. The maximum Gasteiger partial charge on any atom is 0.356 e. The van der Waals surface area contributed by atoms with Crippen molar-refractivity contribution in [2.45, 2.75) is 6.10 Å². The Morgan fingerprint density at radius 1 is 0.966 bits per heavy atom. The van der Waals surface area contributed by atoms with Gasteiger partial charge in [0.15, 0.2) is 0 Å². The zero-order valence-corrected chi connectivity index (χ0v) is 15.3. The van der Waals surface area contributed by atoms with Crippen LogP contribution in [-0.4, -0.2) is 59.4 Å². The number of benzene rings is 2. The second-order valence-electron chi connectivity index (χ2n) is 6.30. The van der Waals surface area contributed by atoms with E-state index >= 15 is 0 Å². The predicted octanol–water partition coefficient (Wildman–Crippen LogP) is 0.121. The molecule has 3 N–H and O–H groups in total. The summed E-state index contributed by atoms with van der Waals surface area (Å²) in [6.07, 6.45) is -1.15. The molecular weight excluding hydrogens is 378 g/mol. The lowest BCUT2D eigenvalue weighted by molar-refractivity contribution is -0.122. The third-order valence-corrected chi connectivity index (χ3v) is 4.21. The smallest absolute Gasteiger partial charge is 0.356 e. The summed E-state index contributed by atoms with van der Waals surface area (Å²) in [7, 11) is 0. The fourth-order valence-electron chi connectivity index (χ4n) is 2.77. The van der Waals surface area contributed by atoms with Crippen LogP contribution in [0.4, 0.5) is 0 Å². The molecule has 9 nitrogen and oxygen atoms in total. The van der Waals surface area contributed by atoms with Crippen molar-refractivity contribution in [3.63, 3.8) is 0 Å². The molecular formula is C20H19N3O6. The summed E-state index contributed by atoms with van der Waals surface area (Å²) in [5.41, 5.74) is 3.15. The molecule has 0 spiro atoms. The Morgan fingerprint density at radius 2 is 1.55 bits per heavy atom. The van der Waals surface area contributed by atoms with Gasteiger partial charge in [0.25, 0.3) is 11.8 Å². The summed E-state index contributed by atoms with van der Waals surface area (Å²) >= 11 is 0. The highest BCUT2D eigenvalue weighted by molar-refractivity contribution is 6.21. The number of hydroxylamine groups is 1. The van der Waals surface area contributed by atoms with Gasteiger partial charge in [0.2, 0.25) is 5.91 Å². The Kier molecular flexibility index (Phi) is 6.32. The molecule has 29 heavy (non-hydrogen) atoms. The van der Waals surface area contributed by atoms with Crippen molar-refractivity contribution in [2.24, 2.45) is 0 Å². The minimum Gasteiger partial charge on any atom is -0.389 e. The van der Waals surface area contributed by atoms with E-state index in [0.717, 1.165) is 4.90 Å². The summed E-state index contributed by atoms with van der Waals surface area (Å²) in [5.74, 6) is -2.13. The SMILES string of the molecule is O=C(CNOC(=O)c1ccccc1)NCC(O)CN1C(=O)c2ccccc2C1=O. The van der Waals surface area contributed by atoms with Crippen LogP contribution in [0.2, 0.25) is 0 Å². The first-order valence-corrected chi connectivity index (χ1v) is 8.86. The van der Waals surface area contributed by atoms with Gasteiger partial charge in [-0.05, 0) is 24.3 Å². The fourth-order valence-corrected chi connectivity index (χ4v) is 2.77. The van der Waals surface area contributed by atoms with Gasteiger partial charge < -0.3 is 15.3 Å². The van der Waals surface area contributed by atoms with Crippen LogP contribution in [0.5, 0.6) is 0 Å². The van der Waals surface area contributed by atoms with Crippen molar-refractivity contribution in [3.8, 4) is 0 Å². The van der Waals surface area contributed by atoms with Crippen LogP contribution in [0.1, 0.15) is 31.1 Å². The molecule has 0 saturated carbocycles. The number of carbonyl (C=O) groups is 4. The Morgan fingerprint density at radius 3 is 2.17 bits per heavy atom. The number of amides is 3. The number of aliphatic hydroxyl groups excluding tert-OH is 1. The van der Waals surface area contributed by atoms with Crippen LogP contribution in [0, 0.1) is 0 Å². The van der Waals surface area contributed by atoms with Crippen molar-refractivity contribution >= 4 is 23.7 Å². The summed E-state index contributed by atoms with van der Waals surface area (Å²) in [6.45, 7) is -0.748. The second kappa shape index (κ2) is 9.09. The normalized spacial score (nSPS) is 13.8. The van der Waals surface area contributed by atoms with Gasteiger partial charge in [-0.15, -0.1) is 5.48 Å². The van der Waals surface area contributed by atoms with Gasteiger partial charge in [-0.3, -0.25) is 19.3 Å². The number of fused-ring (bicyclic) bond motifs is 1. The third-order valence-electron chi connectivity index (χ3n) is 4.21. The first-order chi connectivity index (χ1) is 14.0. The van der Waals surface area contributed by atoms with Gasteiger partial charge in [0.1, 0.15) is 6.54 Å². The Balaban J connectivity index is 1.39. The molecule has 3 rings (SSSR count). The average Bonchev–Trinajstić information content (AvgIpc) is 2.98. The van der Waals surface area contributed by atoms with Gasteiger partial charge in [0.05, 0.1) is 29.3 Å². The van der Waals surface area contributed by atoms with Crippen LogP contribution >= 0.6 is 0 Å². The molecule has 1 atom stereocenters. The molecule has 150 valence electrons. The van der Waals surface area contributed by atoms with E-state index in [1.807, 2.05) is 0 Å². The number of hydrogen-bond donors (Lipinski definition) is 3. The molecule has 1 aliphatic heterocycles. The highest BCUT2D eigenvalue weighted by atomic mass is 16.7. The molecule has 0 saturated heterocycles. The van der Waals surface area contributed by atoms with Crippen molar-refractivity contribution < 1.29 is 29.1 Å². The van der Waals surface area contributed by atoms with E-state index in [1.54, 1.807) is 54.6 Å². The molecule has 1 heterocycles. The van der Waals surface area contributed by atoms with Crippen LogP contribution in [0.15, 0.2) is 54.6 Å². The van der Waals surface area contributed by atoms with E-state index < -0.39 is 29.8 Å². The quantitative estimate of drug-likeness (QED) is 0.427. The standard InChI is InChI=1S/C20H19N3O6/c24-14(12-23-18(26)15-8-4-5-9-16(15)19(23)27)10-21-17(25)11-22-29-20(28)13-6-2-1-3-7-13/h1-9,14,22,24H,10-12H2,(H,21,25). The number of carbonyl (C=O) groups excluding carboxylic acids is 4. The number of β-amino-alcohol motifs (C(OH)–C–C–N with tert-alkyl or cyclic N) is 1. The molecule has 1 unspecified atom stereocenters. The van der Waals surface area contributed by atoms with E-state index in [9.17, 15) is 24.3 Å². The minimum atomic E-state index is -1.15. The molecule has 3 amide bonds. The Bertz CT molecular complexity index is 896. The summed E-state index contributed by atoms with van der Waals surface area (Å²) < 4.78 is 0. The van der Waals surface area contributed by atoms with E-state index in [0.29, 0.717) is 5.56 Å². The largest absolute Gasteiger partial charge is 0.389 e. The summed E-state index contributed by atoms with van der Waals surface area (Å²) in [6, 6.07) is 14.7. The van der Waals surface area contributed by atoms with Gasteiger partial charge in [-0.25, -0.2) is 4.79 Å². The number of hydrogen-bond acceptors (Lipinski definition) is 7. The molecule has 2 aromatic carbocycles. The van der Waals surface area contributed by atoms with Gasteiger partial charge in [0, 0.05) is 6.54 Å². The van der Waals surface area contributed by atoms with Crippen molar-refractivity contribution in [1.82, 2.24) is 15.7 Å². The maximum absolute atomic E-state index is 12.3. The molecule has 9 heteroatoms. The van der Waals surface area contributed by atoms with Crippen molar-refractivity contribution in [1.29, 1.82) is 0 Å². The molecule has 0 aromatic heterocycles. The lowest BCUT2D eigenvalue weighted by Gasteiger charge is -2.18. The van der Waals surface area contributed by atoms with Gasteiger partial charge in [-0.1, -0.05) is 30.3 Å². The first-order valence-electron chi connectivity index (χ1n) is 8.86. The van der Waals surface area contributed by atoms with E-state index in [-0.39, 0.29) is 30.8 Å². The van der Waals surface area contributed by atoms with Crippen LogP contribution < -0.4 is 10.8 Å². The molecule has 0 aliphatic carbocycles. The topological polar surface area (TPSA) is 125 Å². The molecule has 0 fully saturated rings. The lowest BCUT2D eigenvalue weighted by Crippen LogP contribution is -2.44. The number of nitrogens with one attached hydrogen (secondary N) is 2. The number of imide groups is 1. The van der Waals surface area contributed by atoms with Crippen LogP contribution in [0.3, 0.4) is 0 Å². The summed E-state index contributed by atoms with van der Waals surface area (Å²) in [4.78, 5) is 53.7. The van der Waals surface area contributed by atoms with Crippen molar-refractivity contribution in [3.05, 3.63) is 71.3 Å². The minimum absolute atomic E-state index is 0.180. The average molecular weight is 397 g/mol. The molecule has 1 aliphatic rings. The van der Waals surface area contributed by atoms with E-state index in [1.165, 1.54) is 0 Å². The van der Waals surface area contributed by atoms with Gasteiger partial charge in [-0.2, -0.15) is 0 Å². The number of aliphatic hydroxyl groups is 1. The fraction of sp³-hybridized carbons (Fsp3) is 0.200. The molecule has 0 radical (unpaired) electrons. The zero-order valence-electron chi connectivity index (χ0n) is 15.3. The Hall–Kier alpha value is -3.56. The lowest BCUT2D eigenvalue weighted by atomic mass is 10.1. The molecule has 2 aromatic rings. The Labute approximate surface area is 166 Å². The number of rotatable bonds is 8. The van der Waals surface area contributed by atoms with Gasteiger partial charge >= 0.3 is 5.97 Å². The maximum atomic E-state index is 12.3. The van der Waals surface area contributed by atoms with E-state index in [2.05, 4.69) is 10.8 Å². The third kappa shape index (κ3) is 4.84. The monoisotopic (exact) mass is 397 g/mol. The zero-order chi connectivity index (χ0) is 20.8.